The Hall–Kier alpha value is -0.420. The molecular weight excluding hydrogens is 316 g/mol. The van der Waals surface area contributed by atoms with Crippen molar-refractivity contribution in [2.24, 2.45) is 17.3 Å². The third-order valence-corrected chi connectivity index (χ3v) is 7.66. The molecule has 1 spiro atoms. The number of hydrogen-bond acceptors (Lipinski definition) is 4. The number of nitrogens with zero attached hydrogens (tertiary/aromatic N) is 2. The van der Waals surface area contributed by atoms with Gasteiger partial charge in [-0.05, 0) is 61.6 Å². The molecule has 0 radical (unpaired) electrons. The van der Waals surface area contributed by atoms with Gasteiger partial charge in [0.1, 0.15) is 0 Å². The maximum atomic E-state index is 5.62. The maximum Gasteiger partial charge on any atom is 0.0508 e. The van der Waals surface area contributed by atoms with E-state index in [4.69, 9.17) is 4.74 Å². The van der Waals surface area contributed by atoms with Crippen LogP contribution in [0.2, 0.25) is 0 Å². The van der Waals surface area contributed by atoms with Gasteiger partial charge in [-0.25, -0.2) is 0 Å². The normalized spacial score (nSPS) is 28.5. The Bertz CT molecular complexity index is 506. The van der Waals surface area contributed by atoms with Gasteiger partial charge in [0.2, 0.25) is 0 Å². The van der Waals surface area contributed by atoms with Gasteiger partial charge in [-0.15, -0.1) is 11.3 Å². The quantitative estimate of drug-likeness (QED) is 0.779. The number of rotatable bonds is 6. The zero-order valence-corrected chi connectivity index (χ0v) is 15.9. The molecule has 1 unspecified atom stereocenters. The van der Waals surface area contributed by atoms with E-state index in [0.29, 0.717) is 11.3 Å². The maximum absolute atomic E-state index is 5.62. The van der Waals surface area contributed by atoms with Crippen molar-refractivity contribution in [3.05, 3.63) is 22.4 Å². The summed E-state index contributed by atoms with van der Waals surface area (Å²) in [5.74, 6) is 1.72. The molecule has 0 aromatic carbocycles. The van der Waals surface area contributed by atoms with Crippen LogP contribution < -0.4 is 0 Å². The predicted molar refractivity (Wildman–Crippen MR) is 100 cm³/mol. The van der Waals surface area contributed by atoms with Crippen molar-refractivity contribution in [1.82, 2.24) is 9.80 Å². The molecule has 1 aliphatic carbocycles. The lowest BCUT2D eigenvalue weighted by Crippen LogP contribution is -2.46. The van der Waals surface area contributed by atoms with E-state index in [1.165, 1.54) is 69.7 Å². The molecule has 2 saturated heterocycles. The highest BCUT2D eigenvalue weighted by Crippen LogP contribution is 2.45. The first-order chi connectivity index (χ1) is 11.8. The van der Waals surface area contributed by atoms with Crippen LogP contribution in [-0.4, -0.2) is 56.2 Å². The molecule has 3 aliphatic rings. The van der Waals surface area contributed by atoms with Crippen LogP contribution in [0.1, 0.15) is 37.0 Å². The van der Waals surface area contributed by atoms with Crippen molar-refractivity contribution >= 4 is 11.3 Å². The summed E-state index contributed by atoms with van der Waals surface area (Å²) in [6.45, 7) is 8.54. The predicted octanol–water partition coefficient (Wildman–Crippen LogP) is 3.71. The van der Waals surface area contributed by atoms with Crippen LogP contribution in [-0.2, 0) is 11.3 Å². The van der Waals surface area contributed by atoms with Gasteiger partial charge in [0, 0.05) is 44.1 Å². The second-order valence-corrected chi connectivity index (χ2v) is 9.39. The van der Waals surface area contributed by atoms with E-state index >= 15 is 0 Å². The van der Waals surface area contributed by atoms with Gasteiger partial charge in [-0.3, -0.25) is 4.90 Å². The molecule has 3 fully saturated rings. The molecule has 1 aromatic heterocycles. The van der Waals surface area contributed by atoms with Crippen molar-refractivity contribution in [1.29, 1.82) is 0 Å². The van der Waals surface area contributed by atoms with E-state index < -0.39 is 0 Å². The fourth-order valence-corrected chi connectivity index (χ4v) is 5.85. The fourth-order valence-electron chi connectivity index (χ4n) is 5.11. The molecule has 134 valence electrons. The smallest absolute Gasteiger partial charge is 0.0508 e. The van der Waals surface area contributed by atoms with Crippen molar-refractivity contribution in [3.8, 4) is 0 Å². The lowest BCUT2D eigenvalue weighted by atomic mass is 9.71. The Morgan fingerprint density at radius 2 is 2.08 bits per heavy atom. The van der Waals surface area contributed by atoms with E-state index in [2.05, 4.69) is 27.3 Å². The Labute approximate surface area is 151 Å². The summed E-state index contributed by atoms with van der Waals surface area (Å²) in [5, 5.41) is 2.20. The number of methoxy groups -OCH3 is 1. The summed E-state index contributed by atoms with van der Waals surface area (Å²) in [6.07, 6.45) is 7.16. The Morgan fingerprint density at radius 3 is 2.71 bits per heavy atom. The number of hydrogen-bond donors (Lipinski definition) is 0. The third kappa shape index (κ3) is 3.57. The highest BCUT2D eigenvalue weighted by Gasteiger charge is 2.47. The van der Waals surface area contributed by atoms with E-state index in [9.17, 15) is 0 Å². The highest BCUT2D eigenvalue weighted by molar-refractivity contribution is 7.09. The summed E-state index contributed by atoms with van der Waals surface area (Å²) in [4.78, 5) is 6.95. The molecule has 1 saturated carbocycles. The molecule has 1 aromatic rings. The standard InChI is InChI=1S/C20H32N2OS/c1-23-15-18-13-22(14-19-6-3-11-24-19)16-20(18)7-9-21(10-8-20)12-17-4-2-5-17/h3,6,11,17-18H,2,4-5,7-10,12-16H2,1H3. The van der Waals surface area contributed by atoms with Crippen molar-refractivity contribution in [3.63, 3.8) is 0 Å². The van der Waals surface area contributed by atoms with Gasteiger partial charge in [0.25, 0.3) is 0 Å². The lowest BCUT2D eigenvalue weighted by molar-refractivity contribution is 0.0281. The van der Waals surface area contributed by atoms with Crippen LogP contribution in [0.4, 0.5) is 0 Å². The summed E-state index contributed by atoms with van der Waals surface area (Å²) in [7, 11) is 1.88. The van der Waals surface area contributed by atoms with Crippen molar-refractivity contribution < 1.29 is 4.74 Å². The van der Waals surface area contributed by atoms with Crippen molar-refractivity contribution in [2.75, 3.05) is 46.4 Å². The number of thiophene rings is 1. The minimum atomic E-state index is 0.503. The van der Waals surface area contributed by atoms with Crippen LogP contribution in [0.25, 0.3) is 0 Å². The molecule has 0 bridgehead atoms. The average molecular weight is 349 g/mol. The first kappa shape index (κ1) is 17.0. The average Bonchev–Trinajstić information content (AvgIpc) is 3.15. The molecule has 0 N–H and O–H groups in total. The molecule has 4 heteroatoms. The molecule has 0 amide bonds. The van der Waals surface area contributed by atoms with E-state index in [1.807, 2.05) is 18.4 Å². The Kier molecular flexibility index (Phi) is 5.28. The van der Waals surface area contributed by atoms with E-state index in [-0.39, 0.29) is 0 Å². The summed E-state index contributed by atoms with van der Waals surface area (Å²) >= 11 is 1.89. The van der Waals surface area contributed by atoms with Gasteiger partial charge in [0.05, 0.1) is 6.61 Å². The van der Waals surface area contributed by atoms with Gasteiger partial charge >= 0.3 is 0 Å². The van der Waals surface area contributed by atoms with Crippen LogP contribution in [0.3, 0.4) is 0 Å². The van der Waals surface area contributed by atoms with Gasteiger partial charge in [-0.1, -0.05) is 12.5 Å². The molecular formula is C20H32N2OS. The second-order valence-electron chi connectivity index (χ2n) is 8.36. The van der Waals surface area contributed by atoms with Crippen LogP contribution in [0.5, 0.6) is 0 Å². The number of ether oxygens (including phenoxy) is 1. The minimum absolute atomic E-state index is 0.503. The second kappa shape index (κ2) is 7.45. The van der Waals surface area contributed by atoms with Gasteiger partial charge < -0.3 is 9.64 Å². The summed E-state index contributed by atoms with van der Waals surface area (Å²) in [6, 6.07) is 4.46. The largest absolute Gasteiger partial charge is 0.384 e. The van der Waals surface area contributed by atoms with E-state index in [0.717, 1.165) is 19.1 Å². The Balaban J connectivity index is 1.36. The SMILES string of the molecule is COCC1CN(Cc2cccs2)CC12CCN(CC1CCC1)CC2. The fraction of sp³-hybridized carbons (Fsp3) is 0.800. The summed E-state index contributed by atoms with van der Waals surface area (Å²) < 4.78 is 5.62. The zero-order chi connectivity index (χ0) is 16.4. The first-order valence-corrected chi connectivity index (χ1v) is 10.6. The highest BCUT2D eigenvalue weighted by atomic mass is 32.1. The van der Waals surface area contributed by atoms with Gasteiger partial charge in [0.15, 0.2) is 0 Å². The molecule has 1 atom stereocenters. The van der Waals surface area contributed by atoms with Crippen LogP contribution >= 0.6 is 11.3 Å². The number of piperidine rings is 1. The Morgan fingerprint density at radius 1 is 1.25 bits per heavy atom. The van der Waals surface area contributed by atoms with Gasteiger partial charge in [-0.2, -0.15) is 0 Å². The van der Waals surface area contributed by atoms with Crippen LogP contribution in [0, 0.1) is 17.3 Å². The van der Waals surface area contributed by atoms with E-state index in [1.54, 1.807) is 0 Å². The third-order valence-electron chi connectivity index (χ3n) is 6.80. The monoisotopic (exact) mass is 348 g/mol. The van der Waals surface area contributed by atoms with Crippen LogP contribution in [0.15, 0.2) is 17.5 Å². The molecule has 3 heterocycles. The zero-order valence-electron chi connectivity index (χ0n) is 15.1. The lowest BCUT2D eigenvalue weighted by Gasteiger charge is -2.44. The van der Waals surface area contributed by atoms with Crippen molar-refractivity contribution in [2.45, 2.75) is 38.6 Å². The molecule has 4 rings (SSSR count). The first-order valence-electron chi connectivity index (χ1n) is 9.73. The minimum Gasteiger partial charge on any atom is -0.384 e. The molecule has 3 nitrogen and oxygen atoms in total. The summed E-state index contributed by atoms with van der Waals surface area (Å²) in [5.41, 5.74) is 0.503. The molecule has 2 aliphatic heterocycles. The molecule has 24 heavy (non-hydrogen) atoms. The number of likely N-dealkylation sites (tertiary alicyclic amines) is 2. The topological polar surface area (TPSA) is 15.7 Å².